The van der Waals surface area contributed by atoms with Gasteiger partial charge in [0.15, 0.2) is 0 Å². The van der Waals surface area contributed by atoms with Gasteiger partial charge < -0.3 is 10.1 Å². The first kappa shape index (κ1) is 15.5. The molecule has 3 heteroatoms. The Balaban J connectivity index is 2.26. The molecule has 1 aliphatic rings. The standard InChI is InChI=1S/C15H29NO2/c1-4-6-7-13(5-2)11-18-15(17)14-10-12(3)8-9-16-14/h12-14,16H,4-11H2,1-3H3. The predicted molar refractivity (Wildman–Crippen MR) is 74.5 cm³/mol. The monoisotopic (exact) mass is 255 g/mol. The highest BCUT2D eigenvalue weighted by Crippen LogP contribution is 2.17. The lowest BCUT2D eigenvalue weighted by Crippen LogP contribution is -2.44. The summed E-state index contributed by atoms with van der Waals surface area (Å²) in [6, 6.07) is -0.0718. The molecule has 1 N–H and O–H groups in total. The van der Waals surface area contributed by atoms with Gasteiger partial charge in [-0.05, 0) is 37.6 Å². The van der Waals surface area contributed by atoms with Crippen LogP contribution >= 0.6 is 0 Å². The van der Waals surface area contributed by atoms with Gasteiger partial charge in [0.25, 0.3) is 0 Å². The number of hydrogen-bond acceptors (Lipinski definition) is 3. The number of unbranched alkanes of at least 4 members (excludes halogenated alkanes) is 1. The second-order valence-corrected chi connectivity index (χ2v) is 5.68. The van der Waals surface area contributed by atoms with Crippen LogP contribution in [-0.4, -0.2) is 25.2 Å². The van der Waals surface area contributed by atoms with Crippen LogP contribution < -0.4 is 5.32 Å². The van der Waals surface area contributed by atoms with E-state index in [-0.39, 0.29) is 12.0 Å². The Bertz CT molecular complexity index is 243. The second-order valence-electron chi connectivity index (χ2n) is 5.68. The van der Waals surface area contributed by atoms with Crippen molar-refractivity contribution in [2.75, 3.05) is 13.2 Å². The first-order valence-electron chi connectivity index (χ1n) is 7.57. The Morgan fingerprint density at radius 2 is 2.22 bits per heavy atom. The minimum atomic E-state index is -0.0718. The molecule has 0 aromatic rings. The molecule has 0 amide bonds. The molecular weight excluding hydrogens is 226 g/mol. The van der Waals surface area contributed by atoms with Gasteiger partial charge in [-0.1, -0.05) is 40.0 Å². The van der Waals surface area contributed by atoms with Gasteiger partial charge in [0.05, 0.1) is 6.61 Å². The van der Waals surface area contributed by atoms with Gasteiger partial charge in [0, 0.05) is 0 Å². The van der Waals surface area contributed by atoms with Crippen LogP contribution in [0.2, 0.25) is 0 Å². The van der Waals surface area contributed by atoms with Crippen molar-refractivity contribution in [2.45, 2.75) is 65.3 Å². The van der Waals surface area contributed by atoms with E-state index in [0.29, 0.717) is 18.4 Å². The Morgan fingerprint density at radius 1 is 1.44 bits per heavy atom. The Kier molecular flexibility index (Phi) is 7.33. The van der Waals surface area contributed by atoms with Crippen molar-refractivity contribution in [2.24, 2.45) is 11.8 Å². The summed E-state index contributed by atoms with van der Waals surface area (Å²) >= 11 is 0. The third-order valence-corrected chi connectivity index (χ3v) is 3.96. The zero-order valence-corrected chi connectivity index (χ0v) is 12.2. The maximum Gasteiger partial charge on any atom is 0.323 e. The SMILES string of the molecule is CCCCC(CC)COC(=O)C1CC(C)CCN1. The molecule has 0 spiro atoms. The molecular formula is C15H29NO2. The summed E-state index contributed by atoms with van der Waals surface area (Å²) in [6.45, 7) is 8.12. The van der Waals surface area contributed by atoms with Gasteiger partial charge in [-0.15, -0.1) is 0 Å². The number of rotatable bonds is 7. The third kappa shape index (κ3) is 5.38. The fourth-order valence-electron chi connectivity index (χ4n) is 2.49. The van der Waals surface area contributed by atoms with E-state index in [4.69, 9.17) is 4.74 Å². The number of hydrogen-bond donors (Lipinski definition) is 1. The Labute approximate surface area is 112 Å². The van der Waals surface area contributed by atoms with Gasteiger partial charge in [-0.2, -0.15) is 0 Å². The smallest absolute Gasteiger partial charge is 0.323 e. The number of carbonyl (C=O) groups is 1. The van der Waals surface area contributed by atoms with E-state index >= 15 is 0 Å². The van der Waals surface area contributed by atoms with Crippen LogP contribution in [0.1, 0.15) is 59.3 Å². The van der Waals surface area contributed by atoms with Crippen molar-refractivity contribution in [3.8, 4) is 0 Å². The van der Waals surface area contributed by atoms with E-state index < -0.39 is 0 Å². The first-order chi connectivity index (χ1) is 8.67. The molecule has 0 aliphatic carbocycles. The highest BCUT2D eigenvalue weighted by atomic mass is 16.5. The second kappa shape index (κ2) is 8.52. The molecule has 106 valence electrons. The molecule has 3 atom stereocenters. The number of ether oxygens (including phenoxy) is 1. The fraction of sp³-hybridized carbons (Fsp3) is 0.933. The highest BCUT2D eigenvalue weighted by molar-refractivity contribution is 5.75. The lowest BCUT2D eigenvalue weighted by molar-refractivity contribution is -0.148. The van der Waals surface area contributed by atoms with Gasteiger partial charge in [-0.25, -0.2) is 0 Å². The average Bonchev–Trinajstić information content (AvgIpc) is 2.38. The average molecular weight is 255 g/mol. The molecule has 0 aromatic carbocycles. The van der Waals surface area contributed by atoms with Crippen molar-refractivity contribution in [1.82, 2.24) is 5.32 Å². The van der Waals surface area contributed by atoms with E-state index in [0.717, 1.165) is 25.8 Å². The molecule has 3 unspecified atom stereocenters. The summed E-state index contributed by atoms with van der Waals surface area (Å²) in [7, 11) is 0. The van der Waals surface area contributed by atoms with E-state index in [1.54, 1.807) is 0 Å². The van der Waals surface area contributed by atoms with Gasteiger partial charge >= 0.3 is 5.97 Å². The normalized spacial score (nSPS) is 25.7. The molecule has 0 aromatic heterocycles. The van der Waals surface area contributed by atoms with Crippen molar-refractivity contribution in [3.63, 3.8) is 0 Å². The molecule has 0 bridgehead atoms. The zero-order valence-electron chi connectivity index (χ0n) is 12.2. The lowest BCUT2D eigenvalue weighted by Gasteiger charge is -2.27. The summed E-state index contributed by atoms with van der Waals surface area (Å²) in [6.07, 6.45) is 6.81. The summed E-state index contributed by atoms with van der Waals surface area (Å²) in [5.41, 5.74) is 0. The molecule has 1 saturated heterocycles. The summed E-state index contributed by atoms with van der Waals surface area (Å²) in [4.78, 5) is 12.0. The quantitative estimate of drug-likeness (QED) is 0.710. The zero-order chi connectivity index (χ0) is 13.4. The molecule has 0 radical (unpaired) electrons. The molecule has 1 rings (SSSR count). The molecule has 1 aliphatic heterocycles. The molecule has 1 fully saturated rings. The third-order valence-electron chi connectivity index (χ3n) is 3.96. The predicted octanol–water partition coefficient (Wildman–Crippen LogP) is 3.13. The Morgan fingerprint density at radius 3 is 2.83 bits per heavy atom. The van der Waals surface area contributed by atoms with Crippen LogP contribution in [0.4, 0.5) is 0 Å². The van der Waals surface area contributed by atoms with E-state index in [1.807, 2.05) is 0 Å². The van der Waals surface area contributed by atoms with E-state index in [2.05, 4.69) is 26.1 Å². The fourth-order valence-corrected chi connectivity index (χ4v) is 2.49. The first-order valence-corrected chi connectivity index (χ1v) is 7.57. The number of esters is 1. The molecule has 0 saturated carbocycles. The summed E-state index contributed by atoms with van der Waals surface area (Å²) < 4.78 is 5.48. The molecule has 3 nitrogen and oxygen atoms in total. The van der Waals surface area contributed by atoms with Gasteiger partial charge in [0.1, 0.15) is 6.04 Å². The number of nitrogens with one attached hydrogen (secondary N) is 1. The topological polar surface area (TPSA) is 38.3 Å². The number of piperidine rings is 1. The van der Waals surface area contributed by atoms with Crippen molar-refractivity contribution in [3.05, 3.63) is 0 Å². The molecule has 1 heterocycles. The summed E-state index contributed by atoms with van der Waals surface area (Å²) in [5.74, 6) is 1.12. The lowest BCUT2D eigenvalue weighted by atomic mass is 9.94. The van der Waals surface area contributed by atoms with Gasteiger partial charge in [-0.3, -0.25) is 4.79 Å². The number of carbonyl (C=O) groups excluding carboxylic acids is 1. The van der Waals surface area contributed by atoms with E-state index in [1.165, 1.54) is 19.3 Å². The van der Waals surface area contributed by atoms with E-state index in [9.17, 15) is 4.79 Å². The highest BCUT2D eigenvalue weighted by Gasteiger charge is 2.26. The Hall–Kier alpha value is -0.570. The van der Waals surface area contributed by atoms with Crippen molar-refractivity contribution in [1.29, 1.82) is 0 Å². The van der Waals surface area contributed by atoms with Crippen LogP contribution in [-0.2, 0) is 9.53 Å². The van der Waals surface area contributed by atoms with Crippen LogP contribution in [0.15, 0.2) is 0 Å². The van der Waals surface area contributed by atoms with Crippen molar-refractivity contribution < 1.29 is 9.53 Å². The minimum absolute atomic E-state index is 0.0449. The largest absolute Gasteiger partial charge is 0.464 e. The van der Waals surface area contributed by atoms with Gasteiger partial charge in [0.2, 0.25) is 0 Å². The maximum absolute atomic E-state index is 12.0. The van der Waals surface area contributed by atoms with Crippen LogP contribution in [0.3, 0.4) is 0 Å². The van der Waals surface area contributed by atoms with Crippen molar-refractivity contribution >= 4 is 5.97 Å². The minimum Gasteiger partial charge on any atom is -0.464 e. The van der Waals surface area contributed by atoms with Crippen LogP contribution in [0, 0.1) is 11.8 Å². The van der Waals surface area contributed by atoms with Crippen LogP contribution in [0.25, 0.3) is 0 Å². The summed E-state index contributed by atoms with van der Waals surface area (Å²) in [5, 5.41) is 3.26. The van der Waals surface area contributed by atoms with Crippen LogP contribution in [0.5, 0.6) is 0 Å². The molecule has 18 heavy (non-hydrogen) atoms. The maximum atomic E-state index is 12.0.